The minimum absolute atomic E-state index is 0.142. The van der Waals surface area contributed by atoms with E-state index in [0.29, 0.717) is 17.6 Å². The number of allylic oxidation sites excluding steroid dienone is 1. The summed E-state index contributed by atoms with van der Waals surface area (Å²) < 4.78 is 5.74. The Morgan fingerprint density at radius 2 is 1.72 bits per heavy atom. The Balaban J connectivity index is 1.81. The molecule has 0 saturated heterocycles. The molecule has 5 nitrogen and oxygen atoms in total. The van der Waals surface area contributed by atoms with Gasteiger partial charge in [-0.15, -0.1) is 0 Å². The smallest absolute Gasteiger partial charge is 0.258 e. The molecule has 1 aliphatic rings. The second-order valence-corrected chi connectivity index (χ2v) is 7.97. The Labute approximate surface area is 176 Å². The second-order valence-electron chi connectivity index (χ2n) is 7.59. The van der Waals surface area contributed by atoms with Gasteiger partial charge in [-0.25, -0.2) is 0 Å². The van der Waals surface area contributed by atoms with Crippen LogP contribution < -0.4 is 5.32 Å². The van der Waals surface area contributed by atoms with Crippen LogP contribution in [-0.2, 0) is 0 Å². The molecule has 3 aromatic rings. The highest BCUT2D eigenvalue weighted by molar-refractivity contribution is 7.80. The third kappa shape index (κ3) is 3.93. The molecule has 1 aliphatic heterocycles. The number of aromatic nitrogens is 2. The van der Waals surface area contributed by atoms with E-state index in [4.69, 9.17) is 21.7 Å². The maximum absolute atomic E-state index is 5.74. The van der Waals surface area contributed by atoms with E-state index in [9.17, 15) is 0 Å². The van der Waals surface area contributed by atoms with E-state index < -0.39 is 0 Å². The molecule has 29 heavy (non-hydrogen) atoms. The summed E-state index contributed by atoms with van der Waals surface area (Å²) in [7, 11) is 0. The molecule has 0 spiro atoms. The first-order valence-corrected chi connectivity index (χ1v) is 10.2. The fraction of sp³-hybridized carbons (Fsp3) is 0.261. The Bertz CT molecular complexity index is 1030. The van der Waals surface area contributed by atoms with Crippen LogP contribution in [0.2, 0.25) is 0 Å². The summed E-state index contributed by atoms with van der Waals surface area (Å²) in [4.78, 5) is 6.85. The van der Waals surface area contributed by atoms with Crippen molar-refractivity contribution >= 4 is 22.9 Å². The van der Waals surface area contributed by atoms with Crippen molar-refractivity contribution in [1.82, 2.24) is 20.4 Å². The van der Waals surface area contributed by atoms with E-state index in [1.165, 1.54) is 0 Å². The van der Waals surface area contributed by atoms with Crippen LogP contribution in [0, 0.1) is 5.92 Å². The minimum atomic E-state index is -0.142. The Hall–Kier alpha value is -2.99. The molecule has 4 rings (SSSR count). The Morgan fingerprint density at radius 1 is 1.07 bits per heavy atom. The zero-order chi connectivity index (χ0) is 20.4. The number of hydrogen-bond acceptors (Lipinski definition) is 4. The average Bonchev–Trinajstić information content (AvgIpc) is 3.21. The van der Waals surface area contributed by atoms with Gasteiger partial charge < -0.3 is 14.7 Å². The van der Waals surface area contributed by atoms with Gasteiger partial charge in [-0.05, 0) is 30.6 Å². The second kappa shape index (κ2) is 8.17. The summed E-state index contributed by atoms with van der Waals surface area (Å²) in [5.74, 6) is 1.55. The van der Waals surface area contributed by atoms with E-state index in [2.05, 4.69) is 48.3 Å². The van der Waals surface area contributed by atoms with Gasteiger partial charge in [-0.3, -0.25) is 0 Å². The molecule has 0 fully saturated rings. The molecule has 1 atom stereocenters. The highest BCUT2D eigenvalue weighted by atomic mass is 32.1. The molecule has 2 heterocycles. The molecule has 1 unspecified atom stereocenters. The van der Waals surface area contributed by atoms with Crippen molar-refractivity contribution in [3.63, 3.8) is 0 Å². The monoisotopic (exact) mass is 404 g/mol. The zero-order valence-electron chi connectivity index (χ0n) is 16.8. The van der Waals surface area contributed by atoms with Gasteiger partial charge >= 0.3 is 0 Å². The van der Waals surface area contributed by atoms with Crippen molar-refractivity contribution < 1.29 is 4.52 Å². The quantitative estimate of drug-likeness (QED) is 0.600. The first kappa shape index (κ1) is 19.3. The summed E-state index contributed by atoms with van der Waals surface area (Å²) in [6.45, 7) is 7.26. The van der Waals surface area contributed by atoms with Gasteiger partial charge in [-0.2, -0.15) is 4.98 Å². The van der Waals surface area contributed by atoms with Crippen LogP contribution in [-0.4, -0.2) is 26.7 Å². The maximum Gasteiger partial charge on any atom is 0.258 e. The van der Waals surface area contributed by atoms with Crippen molar-refractivity contribution in [3.05, 3.63) is 77.8 Å². The van der Waals surface area contributed by atoms with E-state index in [0.717, 1.165) is 34.1 Å². The van der Waals surface area contributed by atoms with Crippen LogP contribution in [0.1, 0.15) is 38.3 Å². The topological polar surface area (TPSA) is 54.2 Å². The third-order valence-corrected chi connectivity index (χ3v) is 5.30. The minimum Gasteiger partial charge on any atom is -0.351 e. The lowest BCUT2D eigenvalue weighted by atomic mass is 9.94. The van der Waals surface area contributed by atoms with Crippen LogP contribution in [0.3, 0.4) is 0 Å². The molecule has 0 amide bonds. The van der Waals surface area contributed by atoms with Crippen LogP contribution in [0.25, 0.3) is 17.0 Å². The van der Waals surface area contributed by atoms with Gasteiger partial charge in [0.1, 0.15) is 0 Å². The molecule has 148 valence electrons. The summed E-state index contributed by atoms with van der Waals surface area (Å²) in [6, 6.07) is 19.9. The van der Waals surface area contributed by atoms with Gasteiger partial charge in [-0.1, -0.05) is 79.7 Å². The third-order valence-electron chi connectivity index (χ3n) is 4.97. The molecule has 1 N–H and O–H groups in total. The molecule has 0 saturated carbocycles. The van der Waals surface area contributed by atoms with Crippen LogP contribution in [0.15, 0.2) is 70.9 Å². The van der Waals surface area contributed by atoms with Crippen molar-refractivity contribution in [2.24, 2.45) is 5.92 Å². The van der Waals surface area contributed by atoms with Gasteiger partial charge in [0.05, 0.1) is 11.6 Å². The Morgan fingerprint density at radius 3 is 2.38 bits per heavy atom. The molecule has 0 bridgehead atoms. The maximum atomic E-state index is 5.74. The van der Waals surface area contributed by atoms with E-state index >= 15 is 0 Å². The van der Waals surface area contributed by atoms with Gasteiger partial charge in [0.15, 0.2) is 5.11 Å². The van der Waals surface area contributed by atoms with Gasteiger partial charge in [0.25, 0.3) is 5.89 Å². The average molecular weight is 405 g/mol. The lowest BCUT2D eigenvalue weighted by molar-refractivity contribution is 0.386. The van der Waals surface area contributed by atoms with E-state index in [1.807, 2.05) is 48.5 Å². The first-order chi connectivity index (χ1) is 14.0. The molecule has 1 aromatic heterocycles. The normalized spacial score (nSPS) is 17.0. The van der Waals surface area contributed by atoms with E-state index in [1.54, 1.807) is 0 Å². The lowest BCUT2D eigenvalue weighted by Crippen LogP contribution is -2.47. The highest BCUT2D eigenvalue weighted by Crippen LogP contribution is 2.37. The molecular formula is C23H24N4OS. The van der Waals surface area contributed by atoms with Crippen LogP contribution in [0.4, 0.5) is 0 Å². The van der Waals surface area contributed by atoms with Crippen molar-refractivity contribution in [2.75, 3.05) is 6.54 Å². The first-order valence-electron chi connectivity index (χ1n) is 9.78. The summed E-state index contributed by atoms with van der Waals surface area (Å²) in [5, 5.41) is 8.44. The molecule has 2 aromatic carbocycles. The molecule has 6 heteroatoms. The number of hydrogen-bond donors (Lipinski definition) is 1. The predicted octanol–water partition coefficient (Wildman–Crippen LogP) is 5.06. The number of rotatable bonds is 5. The van der Waals surface area contributed by atoms with Gasteiger partial charge in [0, 0.05) is 17.8 Å². The van der Waals surface area contributed by atoms with Crippen molar-refractivity contribution in [2.45, 2.75) is 26.8 Å². The summed E-state index contributed by atoms with van der Waals surface area (Å²) in [5.41, 5.74) is 4.03. The zero-order valence-corrected chi connectivity index (χ0v) is 17.6. The SMILES string of the molecule is CC1=C(c2nc(-c3ccccc3)no2)C(c2ccccc2)NC(=S)N1CC(C)C. The number of thiocarbonyl (C=S) groups is 1. The largest absolute Gasteiger partial charge is 0.351 e. The van der Waals surface area contributed by atoms with E-state index in [-0.39, 0.29) is 6.04 Å². The lowest BCUT2D eigenvalue weighted by Gasteiger charge is -2.38. The fourth-order valence-corrected chi connectivity index (χ4v) is 3.91. The van der Waals surface area contributed by atoms with Crippen LogP contribution in [0.5, 0.6) is 0 Å². The number of nitrogens with zero attached hydrogens (tertiary/aromatic N) is 3. The summed E-state index contributed by atoms with van der Waals surface area (Å²) >= 11 is 5.70. The van der Waals surface area contributed by atoms with Crippen LogP contribution >= 0.6 is 12.2 Å². The highest BCUT2D eigenvalue weighted by Gasteiger charge is 2.34. The Kier molecular flexibility index (Phi) is 5.45. The van der Waals surface area contributed by atoms with Gasteiger partial charge in [0.2, 0.25) is 5.82 Å². The number of nitrogens with one attached hydrogen (secondary N) is 1. The number of benzene rings is 2. The fourth-order valence-electron chi connectivity index (χ4n) is 3.58. The standard InChI is InChI=1S/C23H24N4OS/c1-15(2)14-27-16(3)19(20(24-23(27)29)17-10-6-4-7-11-17)22-25-21(26-28-22)18-12-8-5-9-13-18/h4-13,15,20H,14H2,1-3H3,(H,24,29). The molecular weight excluding hydrogens is 380 g/mol. The molecule has 0 radical (unpaired) electrons. The predicted molar refractivity (Wildman–Crippen MR) is 119 cm³/mol. The molecule has 0 aliphatic carbocycles. The van der Waals surface area contributed by atoms with Crippen molar-refractivity contribution in [3.8, 4) is 11.4 Å². The summed E-state index contributed by atoms with van der Waals surface area (Å²) in [6.07, 6.45) is 0. The van der Waals surface area contributed by atoms with Crippen molar-refractivity contribution in [1.29, 1.82) is 0 Å².